The Hall–Kier alpha value is -3.89. The molecule has 0 amide bonds. The standard InChI is InChI=1S/C57H71BN2S/c1-34-29-47-51-48(30-34)60(46-27-24-41(57(14,15)16)52-50(46)40-31-36(54(5,6)7)21-28-49(40)61-52)45-26-20-38(56(11,12)13)33-43(45)58(51)42-32-37(55(8,9)10)19-25-44(42)59(47)39-22-17-35(18-23-39)53(2,3)4/h17-19,21-32,38,43,46,50H,20,33H2,1-16H3. The van der Waals surface area contributed by atoms with Crippen molar-refractivity contribution in [3.05, 3.63) is 135 Å². The van der Waals surface area contributed by atoms with Gasteiger partial charge in [0.15, 0.2) is 0 Å². The lowest BCUT2D eigenvalue weighted by molar-refractivity contribution is 0.219. The highest BCUT2D eigenvalue weighted by Gasteiger charge is 2.53. The number of anilines is 4. The molecule has 0 bridgehead atoms. The topological polar surface area (TPSA) is 6.48 Å². The first kappa shape index (κ1) is 42.4. The SMILES string of the molecule is Cc1cc2c3c(c1)N(C1C=CC(C(C)(C)C)=C4Sc5ccc(C(C)(C)C)cc5C41)C1=CCC(C(C)(C)C)CC1B3c1cc(C(C)(C)C)ccc1N2c1ccc(C(C)(C)C)cc1. The largest absolute Gasteiger partial charge is 0.338 e. The van der Waals surface area contributed by atoms with Gasteiger partial charge in [-0.1, -0.05) is 170 Å². The molecule has 3 heterocycles. The first-order valence-corrected chi connectivity index (χ1v) is 24.1. The number of rotatable bonds is 2. The maximum Gasteiger partial charge on any atom is 0.226 e. The van der Waals surface area contributed by atoms with Crippen molar-refractivity contribution >= 4 is 52.1 Å². The molecule has 61 heavy (non-hydrogen) atoms. The average Bonchev–Trinajstić information content (AvgIpc) is 3.54. The van der Waals surface area contributed by atoms with Gasteiger partial charge in [-0.25, -0.2) is 0 Å². The third-order valence-corrected chi connectivity index (χ3v) is 16.2. The molecule has 0 spiro atoms. The molecular weight excluding hydrogens is 756 g/mol. The zero-order valence-electron chi connectivity index (χ0n) is 40.3. The van der Waals surface area contributed by atoms with Gasteiger partial charge in [-0.05, 0) is 139 Å². The van der Waals surface area contributed by atoms with Crippen LogP contribution in [0, 0.1) is 23.7 Å². The molecule has 0 radical (unpaired) electrons. The number of nitrogens with zero attached hydrogens (tertiary/aromatic N) is 2. The lowest BCUT2D eigenvalue weighted by atomic mass is 9.28. The van der Waals surface area contributed by atoms with E-state index < -0.39 is 0 Å². The lowest BCUT2D eigenvalue weighted by Crippen LogP contribution is -2.61. The summed E-state index contributed by atoms with van der Waals surface area (Å²) in [5.74, 6) is 1.20. The summed E-state index contributed by atoms with van der Waals surface area (Å²) >= 11 is 2.05. The van der Waals surface area contributed by atoms with Crippen molar-refractivity contribution in [2.24, 2.45) is 16.7 Å². The first-order chi connectivity index (χ1) is 28.3. The van der Waals surface area contributed by atoms with Gasteiger partial charge in [0.2, 0.25) is 6.71 Å². The van der Waals surface area contributed by atoms with Crippen LogP contribution >= 0.6 is 11.8 Å². The highest BCUT2D eigenvalue weighted by molar-refractivity contribution is 8.03. The molecule has 318 valence electrons. The monoisotopic (exact) mass is 827 g/mol. The van der Waals surface area contributed by atoms with Crippen LogP contribution in [0.1, 0.15) is 150 Å². The van der Waals surface area contributed by atoms with Gasteiger partial charge in [0.1, 0.15) is 0 Å². The third-order valence-electron chi connectivity index (χ3n) is 14.9. The van der Waals surface area contributed by atoms with Crippen LogP contribution < -0.4 is 20.7 Å². The number of benzene rings is 4. The lowest BCUT2D eigenvalue weighted by Gasteiger charge is -2.54. The zero-order chi connectivity index (χ0) is 43.9. The second-order valence-electron chi connectivity index (χ2n) is 24.5. The van der Waals surface area contributed by atoms with E-state index >= 15 is 0 Å². The van der Waals surface area contributed by atoms with Crippen LogP contribution in [-0.4, -0.2) is 12.8 Å². The summed E-state index contributed by atoms with van der Waals surface area (Å²) in [5, 5.41) is 0. The number of hydrogen-bond donors (Lipinski definition) is 0. The molecule has 4 aromatic carbocycles. The Kier molecular flexibility index (Phi) is 9.78. The van der Waals surface area contributed by atoms with Crippen molar-refractivity contribution in [3.63, 3.8) is 0 Å². The van der Waals surface area contributed by atoms with Crippen molar-refractivity contribution in [1.82, 2.24) is 0 Å². The van der Waals surface area contributed by atoms with Gasteiger partial charge in [0.25, 0.3) is 0 Å². The second kappa shape index (κ2) is 14.1. The summed E-state index contributed by atoms with van der Waals surface area (Å²) in [7, 11) is 0. The quantitative estimate of drug-likeness (QED) is 0.186. The number of fused-ring (bicyclic) bond motifs is 7. The molecule has 3 aliphatic heterocycles. The fourth-order valence-corrected chi connectivity index (χ4v) is 12.8. The minimum atomic E-state index is 0.0321. The molecule has 0 fully saturated rings. The van der Waals surface area contributed by atoms with E-state index in [1.165, 1.54) is 78.4 Å². The van der Waals surface area contributed by atoms with E-state index in [4.69, 9.17) is 0 Å². The van der Waals surface area contributed by atoms with Crippen LogP contribution in [0.5, 0.6) is 0 Å². The van der Waals surface area contributed by atoms with Crippen molar-refractivity contribution < 1.29 is 0 Å². The van der Waals surface area contributed by atoms with Crippen molar-refractivity contribution in [2.45, 2.75) is 163 Å². The van der Waals surface area contributed by atoms with Gasteiger partial charge in [-0.2, -0.15) is 0 Å². The van der Waals surface area contributed by atoms with Crippen LogP contribution in [0.3, 0.4) is 0 Å². The number of allylic oxidation sites excluding steroid dienone is 4. The van der Waals surface area contributed by atoms with Crippen LogP contribution in [0.15, 0.2) is 112 Å². The fraction of sp³-hybridized carbons (Fsp3) is 0.474. The average molecular weight is 827 g/mol. The summed E-state index contributed by atoms with van der Waals surface area (Å²) in [6.07, 6.45) is 10.2. The minimum Gasteiger partial charge on any atom is -0.338 e. The van der Waals surface area contributed by atoms with E-state index in [0.717, 1.165) is 6.42 Å². The Balaban J connectivity index is 1.33. The Morgan fingerprint density at radius 2 is 1.25 bits per heavy atom. The maximum atomic E-state index is 2.89. The number of aryl methyl sites for hydroxylation is 1. The third kappa shape index (κ3) is 7.10. The summed E-state index contributed by atoms with van der Waals surface area (Å²) in [6.45, 7) is 38.4. The Morgan fingerprint density at radius 3 is 1.87 bits per heavy atom. The molecular formula is C57H71BN2S. The molecule has 4 aromatic rings. The number of hydrogen-bond acceptors (Lipinski definition) is 3. The summed E-state index contributed by atoms with van der Waals surface area (Å²) in [5.41, 5.74) is 18.8. The molecule has 0 saturated heterocycles. The maximum absolute atomic E-state index is 2.89. The molecule has 4 unspecified atom stereocenters. The van der Waals surface area contributed by atoms with Crippen molar-refractivity contribution in [3.8, 4) is 0 Å². The molecule has 4 heteroatoms. The van der Waals surface area contributed by atoms with E-state index in [1.807, 2.05) is 11.8 Å². The van der Waals surface area contributed by atoms with Crippen LogP contribution in [0.4, 0.5) is 22.7 Å². The molecule has 0 saturated carbocycles. The van der Waals surface area contributed by atoms with E-state index in [9.17, 15) is 0 Å². The Morgan fingerprint density at radius 1 is 0.639 bits per heavy atom. The van der Waals surface area contributed by atoms with Gasteiger partial charge >= 0.3 is 0 Å². The van der Waals surface area contributed by atoms with E-state index in [-0.39, 0.29) is 45.7 Å². The molecule has 0 N–H and O–H groups in total. The molecule has 0 aromatic heterocycles. The van der Waals surface area contributed by atoms with E-state index in [0.29, 0.717) is 11.7 Å². The normalized spacial score (nSPS) is 22.4. The minimum absolute atomic E-state index is 0.0321. The Bertz CT molecular complexity index is 2520. The molecule has 2 nitrogen and oxygen atoms in total. The fourth-order valence-electron chi connectivity index (χ4n) is 11.2. The Labute approximate surface area is 374 Å². The van der Waals surface area contributed by atoms with Gasteiger partial charge in [0, 0.05) is 44.2 Å². The summed E-state index contributed by atoms with van der Waals surface area (Å²) in [4.78, 5) is 8.50. The predicted molar refractivity (Wildman–Crippen MR) is 268 cm³/mol. The highest BCUT2D eigenvalue weighted by atomic mass is 32.2. The molecule has 5 aliphatic rings. The van der Waals surface area contributed by atoms with Crippen LogP contribution in [-0.2, 0) is 16.2 Å². The van der Waals surface area contributed by atoms with Crippen LogP contribution in [0.2, 0.25) is 5.82 Å². The smallest absolute Gasteiger partial charge is 0.226 e. The van der Waals surface area contributed by atoms with Gasteiger partial charge in [-0.3, -0.25) is 0 Å². The highest BCUT2D eigenvalue weighted by Crippen LogP contribution is 2.60. The second-order valence-corrected chi connectivity index (χ2v) is 25.5. The van der Waals surface area contributed by atoms with Crippen LogP contribution in [0.25, 0.3) is 0 Å². The molecule has 2 aliphatic carbocycles. The van der Waals surface area contributed by atoms with E-state index in [1.54, 1.807) is 10.6 Å². The van der Waals surface area contributed by atoms with Crippen molar-refractivity contribution in [2.75, 3.05) is 9.80 Å². The summed E-state index contributed by atoms with van der Waals surface area (Å²) < 4.78 is 0. The zero-order valence-corrected chi connectivity index (χ0v) is 41.1. The van der Waals surface area contributed by atoms with Crippen molar-refractivity contribution in [1.29, 1.82) is 0 Å². The van der Waals surface area contributed by atoms with Gasteiger partial charge in [-0.15, -0.1) is 0 Å². The summed E-state index contributed by atoms with van der Waals surface area (Å²) in [6, 6.07) is 29.6. The first-order valence-electron chi connectivity index (χ1n) is 23.3. The predicted octanol–water partition coefficient (Wildman–Crippen LogP) is 14.9. The number of thioether (sulfide) groups is 1. The van der Waals surface area contributed by atoms with E-state index in [2.05, 4.69) is 212 Å². The molecule has 4 atom stereocenters. The van der Waals surface area contributed by atoms with Gasteiger partial charge < -0.3 is 9.80 Å². The molecule has 9 rings (SSSR count). The van der Waals surface area contributed by atoms with Gasteiger partial charge in [0.05, 0.1) is 6.04 Å².